The number of methoxy groups -OCH3 is 1. The van der Waals surface area contributed by atoms with E-state index in [1.54, 1.807) is 7.11 Å². The fraction of sp³-hybridized carbons (Fsp3) is 0.375. The molecule has 0 spiro atoms. The van der Waals surface area contributed by atoms with E-state index in [2.05, 4.69) is 39.5 Å². The number of nitrogens with zero attached hydrogens (tertiary/aromatic N) is 1. The third-order valence-corrected chi connectivity index (χ3v) is 5.87. The summed E-state index contributed by atoms with van der Waals surface area (Å²) in [6.45, 7) is 2.81. The fourth-order valence-electron chi connectivity index (χ4n) is 4.22. The summed E-state index contributed by atoms with van der Waals surface area (Å²) in [5.41, 5.74) is 3.54. The van der Waals surface area contributed by atoms with Crippen molar-refractivity contribution in [1.29, 1.82) is 0 Å². The van der Waals surface area contributed by atoms with E-state index >= 15 is 0 Å². The maximum Gasteiger partial charge on any atom is 0.220 e. The Bertz CT molecular complexity index is 942. The molecular weight excluding hydrogens is 362 g/mol. The number of aromatic nitrogens is 1. The first kappa shape index (κ1) is 19.5. The first-order valence-corrected chi connectivity index (χ1v) is 10.4. The molecule has 2 aromatic carbocycles. The summed E-state index contributed by atoms with van der Waals surface area (Å²) in [7, 11) is 1.68. The van der Waals surface area contributed by atoms with Crippen molar-refractivity contribution in [3.63, 3.8) is 0 Å². The molecule has 5 nitrogen and oxygen atoms in total. The highest BCUT2D eigenvalue weighted by Crippen LogP contribution is 2.26. The predicted molar refractivity (Wildman–Crippen MR) is 116 cm³/mol. The van der Waals surface area contributed by atoms with Gasteiger partial charge in [-0.25, -0.2) is 0 Å². The topological polar surface area (TPSA) is 57.4 Å². The Morgan fingerprint density at radius 1 is 1.14 bits per heavy atom. The zero-order valence-corrected chi connectivity index (χ0v) is 17.0. The number of aryl methyl sites for hydroxylation is 1. The van der Waals surface area contributed by atoms with Crippen molar-refractivity contribution in [1.82, 2.24) is 15.2 Å². The van der Waals surface area contributed by atoms with E-state index in [4.69, 9.17) is 4.74 Å². The Kier molecular flexibility index (Phi) is 6.15. The van der Waals surface area contributed by atoms with Gasteiger partial charge < -0.3 is 15.0 Å². The second kappa shape index (κ2) is 9.14. The average Bonchev–Trinajstić information content (AvgIpc) is 3.43. The van der Waals surface area contributed by atoms with Gasteiger partial charge in [-0.05, 0) is 61.7 Å². The van der Waals surface area contributed by atoms with Crippen LogP contribution in [0.5, 0.6) is 5.75 Å². The number of fused-ring (bicyclic) bond motifs is 1. The number of carbonyl (C=O) groups excluding carboxylic acids is 1. The first-order valence-electron chi connectivity index (χ1n) is 10.4. The monoisotopic (exact) mass is 391 g/mol. The Hall–Kier alpha value is -2.79. The van der Waals surface area contributed by atoms with E-state index in [0.717, 1.165) is 30.8 Å². The van der Waals surface area contributed by atoms with Crippen LogP contribution in [0.1, 0.15) is 36.4 Å². The van der Waals surface area contributed by atoms with Crippen LogP contribution in [0.25, 0.3) is 10.9 Å². The second-order valence-electron chi connectivity index (χ2n) is 7.70. The molecule has 1 unspecified atom stereocenters. The highest BCUT2D eigenvalue weighted by atomic mass is 16.5. The number of carbonyl (C=O) groups is 1. The smallest absolute Gasteiger partial charge is 0.220 e. The molecule has 4 rings (SSSR count). The minimum Gasteiger partial charge on any atom is -0.497 e. The molecule has 0 bridgehead atoms. The molecule has 1 saturated heterocycles. The molecule has 1 fully saturated rings. The Balaban J connectivity index is 1.36. The second-order valence-corrected chi connectivity index (χ2v) is 7.70. The quantitative estimate of drug-likeness (QED) is 0.609. The molecule has 29 heavy (non-hydrogen) atoms. The standard InChI is InChI=1S/C24H29N3O2/c1-29-20-11-8-18(9-12-20)23(27-14-4-5-15-27)17-26-24(28)13-10-19-16-25-22-7-3-2-6-21(19)22/h2-3,6-9,11-12,16,23,25H,4-5,10,13-15,17H2,1H3,(H,26,28). The number of hydrogen-bond acceptors (Lipinski definition) is 3. The maximum absolute atomic E-state index is 12.6. The molecule has 2 N–H and O–H groups in total. The van der Waals surface area contributed by atoms with Crippen molar-refractivity contribution in [2.24, 2.45) is 0 Å². The lowest BCUT2D eigenvalue weighted by Gasteiger charge is -2.28. The van der Waals surface area contributed by atoms with Gasteiger partial charge in [-0.15, -0.1) is 0 Å². The molecule has 1 aliphatic heterocycles. The minimum absolute atomic E-state index is 0.105. The number of aromatic amines is 1. The Labute approximate surface area is 172 Å². The van der Waals surface area contributed by atoms with Crippen LogP contribution in [0.15, 0.2) is 54.7 Å². The molecule has 0 aliphatic carbocycles. The number of rotatable bonds is 8. The molecule has 1 aromatic heterocycles. The molecule has 1 atom stereocenters. The number of para-hydroxylation sites is 1. The van der Waals surface area contributed by atoms with Crippen molar-refractivity contribution in [2.75, 3.05) is 26.7 Å². The highest BCUT2D eigenvalue weighted by Gasteiger charge is 2.24. The molecule has 5 heteroatoms. The van der Waals surface area contributed by atoms with Gasteiger partial charge in [0, 0.05) is 30.1 Å². The summed E-state index contributed by atoms with van der Waals surface area (Å²) in [6.07, 6.45) is 5.70. The van der Waals surface area contributed by atoms with Gasteiger partial charge in [0.25, 0.3) is 0 Å². The molecule has 1 aliphatic rings. The van der Waals surface area contributed by atoms with Gasteiger partial charge in [0.1, 0.15) is 5.75 Å². The van der Waals surface area contributed by atoms with Crippen LogP contribution < -0.4 is 10.1 Å². The van der Waals surface area contributed by atoms with Gasteiger partial charge in [-0.1, -0.05) is 30.3 Å². The first-order chi connectivity index (χ1) is 14.2. The van der Waals surface area contributed by atoms with Gasteiger partial charge in [0.2, 0.25) is 5.91 Å². The van der Waals surface area contributed by atoms with Crippen molar-refractivity contribution in [3.8, 4) is 5.75 Å². The van der Waals surface area contributed by atoms with Gasteiger partial charge in [0.15, 0.2) is 0 Å². The number of amides is 1. The molecule has 2 heterocycles. The molecule has 0 saturated carbocycles. The van der Waals surface area contributed by atoms with Crippen LogP contribution in [-0.4, -0.2) is 42.5 Å². The molecular formula is C24H29N3O2. The van der Waals surface area contributed by atoms with Gasteiger partial charge in [0.05, 0.1) is 13.2 Å². The van der Waals surface area contributed by atoms with Crippen molar-refractivity contribution in [3.05, 3.63) is 65.9 Å². The van der Waals surface area contributed by atoms with Crippen LogP contribution in [0.3, 0.4) is 0 Å². The van der Waals surface area contributed by atoms with Crippen LogP contribution in [-0.2, 0) is 11.2 Å². The van der Waals surface area contributed by atoms with Crippen molar-refractivity contribution in [2.45, 2.75) is 31.7 Å². The van der Waals surface area contributed by atoms with E-state index in [1.165, 1.54) is 29.4 Å². The lowest BCUT2D eigenvalue weighted by Crippen LogP contribution is -2.36. The normalized spacial score (nSPS) is 15.5. The van der Waals surface area contributed by atoms with E-state index in [1.807, 2.05) is 30.5 Å². The summed E-state index contributed by atoms with van der Waals surface area (Å²) in [6, 6.07) is 16.7. The molecule has 1 amide bonds. The van der Waals surface area contributed by atoms with Crippen LogP contribution in [0.4, 0.5) is 0 Å². The van der Waals surface area contributed by atoms with Gasteiger partial charge in [-0.2, -0.15) is 0 Å². The third kappa shape index (κ3) is 4.62. The molecule has 0 radical (unpaired) electrons. The van der Waals surface area contributed by atoms with E-state index in [0.29, 0.717) is 13.0 Å². The number of ether oxygens (including phenoxy) is 1. The lowest BCUT2D eigenvalue weighted by molar-refractivity contribution is -0.121. The number of H-pyrrole nitrogens is 1. The molecule has 152 valence electrons. The number of likely N-dealkylation sites (tertiary alicyclic amines) is 1. The average molecular weight is 392 g/mol. The van der Waals surface area contributed by atoms with Gasteiger partial charge in [-0.3, -0.25) is 9.69 Å². The van der Waals surface area contributed by atoms with E-state index < -0.39 is 0 Å². The number of nitrogens with one attached hydrogen (secondary N) is 2. The molecule has 3 aromatic rings. The third-order valence-electron chi connectivity index (χ3n) is 5.87. The summed E-state index contributed by atoms with van der Waals surface area (Å²) in [5, 5.41) is 4.38. The highest BCUT2D eigenvalue weighted by molar-refractivity contribution is 5.84. The number of hydrogen-bond donors (Lipinski definition) is 2. The zero-order chi connectivity index (χ0) is 20.1. The van der Waals surface area contributed by atoms with Crippen LogP contribution in [0, 0.1) is 0 Å². The Morgan fingerprint density at radius 2 is 1.90 bits per heavy atom. The fourth-order valence-corrected chi connectivity index (χ4v) is 4.22. The summed E-state index contributed by atoms with van der Waals surface area (Å²) in [4.78, 5) is 18.3. The minimum atomic E-state index is 0.105. The Morgan fingerprint density at radius 3 is 2.66 bits per heavy atom. The van der Waals surface area contributed by atoms with Crippen LogP contribution in [0.2, 0.25) is 0 Å². The van der Waals surface area contributed by atoms with Crippen molar-refractivity contribution < 1.29 is 9.53 Å². The lowest BCUT2D eigenvalue weighted by atomic mass is 10.0. The SMILES string of the molecule is COc1ccc(C(CNC(=O)CCc2c[nH]c3ccccc23)N2CCCC2)cc1. The maximum atomic E-state index is 12.6. The van der Waals surface area contributed by atoms with Gasteiger partial charge >= 0.3 is 0 Å². The summed E-state index contributed by atoms with van der Waals surface area (Å²) in [5.74, 6) is 0.963. The largest absolute Gasteiger partial charge is 0.497 e. The zero-order valence-electron chi connectivity index (χ0n) is 17.0. The predicted octanol–water partition coefficient (Wildman–Crippen LogP) is 4.06. The van der Waals surface area contributed by atoms with Crippen LogP contribution >= 0.6 is 0 Å². The van der Waals surface area contributed by atoms with E-state index in [9.17, 15) is 4.79 Å². The van der Waals surface area contributed by atoms with E-state index in [-0.39, 0.29) is 11.9 Å². The number of benzene rings is 2. The summed E-state index contributed by atoms with van der Waals surface area (Å²) >= 11 is 0. The summed E-state index contributed by atoms with van der Waals surface area (Å²) < 4.78 is 5.28. The van der Waals surface area contributed by atoms with Crippen molar-refractivity contribution >= 4 is 16.8 Å².